The van der Waals surface area contributed by atoms with Crippen LogP contribution in [0, 0.1) is 12.3 Å². The molecule has 0 radical (unpaired) electrons. The van der Waals surface area contributed by atoms with E-state index in [1.165, 1.54) is 0 Å². The average Bonchev–Trinajstić information content (AvgIpc) is 3.04. The fourth-order valence-electron chi connectivity index (χ4n) is 1.64. The van der Waals surface area contributed by atoms with Gasteiger partial charge in [0.1, 0.15) is 5.69 Å². The first-order valence-electron chi connectivity index (χ1n) is 6.41. The first-order valence-corrected chi connectivity index (χ1v) is 7.29. The number of aromatic nitrogens is 2. The highest BCUT2D eigenvalue weighted by molar-refractivity contribution is 7.09. The molecule has 0 aliphatic rings. The monoisotopic (exact) mass is 293 g/mol. The molecule has 2 rings (SSSR count). The molecule has 2 aromatic heterocycles. The molecule has 0 aromatic carbocycles. The Morgan fingerprint density at radius 3 is 2.90 bits per heavy atom. The van der Waals surface area contributed by atoms with E-state index in [2.05, 4.69) is 15.3 Å². The van der Waals surface area contributed by atoms with Crippen LogP contribution in [0.1, 0.15) is 29.3 Å². The topological polar surface area (TPSA) is 78.0 Å². The van der Waals surface area contributed by atoms with Gasteiger partial charge in [-0.05, 0) is 13.0 Å². The number of hydrogen-bond donors (Lipinski definition) is 3. The summed E-state index contributed by atoms with van der Waals surface area (Å²) in [4.78, 5) is 19.4. The van der Waals surface area contributed by atoms with Crippen LogP contribution in [0.5, 0.6) is 0 Å². The van der Waals surface area contributed by atoms with Crippen molar-refractivity contribution in [2.24, 2.45) is 5.41 Å². The number of hydrogen-bond acceptors (Lipinski definition) is 4. The molecule has 20 heavy (non-hydrogen) atoms. The maximum absolute atomic E-state index is 12.0. The minimum Gasteiger partial charge on any atom is -0.396 e. The SMILES string of the molecule is Cc1nc(-c2c[nH]c(C(=O)NCC(C)(C)CO)c2)cs1. The third kappa shape index (κ3) is 3.46. The van der Waals surface area contributed by atoms with Crippen molar-refractivity contribution in [3.63, 3.8) is 0 Å². The molecule has 0 unspecified atom stereocenters. The van der Waals surface area contributed by atoms with Gasteiger partial charge < -0.3 is 15.4 Å². The molecule has 0 fully saturated rings. The number of aliphatic hydroxyl groups is 1. The Hall–Kier alpha value is -1.66. The third-order valence-electron chi connectivity index (χ3n) is 3.00. The molecular formula is C14H19N3O2S. The summed E-state index contributed by atoms with van der Waals surface area (Å²) in [6, 6.07) is 1.79. The zero-order chi connectivity index (χ0) is 14.8. The molecule has 2 heterocycles. The van der Waals surface area contributed by atoms with E-state index in [4.69, 9.17) is 5.11 Å². The molecule has 0 aliphatic carbocycles. The van der Waals surface area contributed by atoms with E-state index in [1.807, 2.05) is 26.2 Å². The molecule has 0 aliphatic heterocycles. The van der Waals surface area contributed by atoms with Crippen molar-refractivity contribution in [1.82, 2.24) is 15.3 Å². The van der Waals surface area contributed by atoms with Crippen molar-refractivity contribution >= 4 is 17.2 Å². The van der Waals surface area contributed by atoms with Gasteiger partial charge in [-0.1, -0.05) is 13.8 Å². The summed E-state index contributed by atoms with van der Waals surface area (Å²) < 4.78 is 0. The number of nitrogens with one attached hydrogen (secondary N) is 2. The number of aliphatic hydroxyl groups excluding tert-OH is 1. The first-order chi connectivity index (χ1) is 9.41. The van der Waals surface area contributed by atoms with Crippen LogP contribution in [0.2, 0.25) is 0 Å². The van der Waals surface area contributed by atoms with Crippen LogP contribution in [-0.4, -0.2) is 34.1 Å². The minimum absolute atomic E-state index is 0.0291. The number of thiazole rings is 1. The van der Waals surface area contributed by atoms with Crippen molar-refractivity contribution in [2.75, 3.05) is 13.2 Å². The molecule has 0 saturated heterocycles. The Labute approximate surface area is 122 Å². The number of rotatable bonds is 5. The second-order valence-corrected chi connectivity index (χ2v) is 6.62. The Morgan fingerprint density at radius 2 is 2.30 bits per heavy atom. The Morgan fingerprint density at radius 1 is 1.55 bits per heavy atom. The van der Waals surface area contributed by atoms with Gasteiger partial charge in [0, 0.05) is 35.7 Å². The number of amides is 1. The number of H-pyrrole nitrogens is 1. The van der Waals surface area contributed by atoms with Gasteiger partial charge in [0.25, 0.3) is 5.91 Å². The summed E-state index contributed by atoms with van der Waals surface area (Å²) in [5.74, 6) is -0.176. The second kappa shape index (κ2) is 5.76. The highest BCUT2D eigenvalue weighted by atomic mass is 32.1. The summed E-state index contributed by atoms with van der Waals surface area (Å²) in [5.41, 5.74) is 1.95. The molecule has 0 spiro atoms. The summed E-state index contributed by atoms with van der Waals surface area (Å²) >= 11 is 1.58. The lowest BCUT2D eigenvalue weighted by molar-refractivity contribution is 0.0907. The lowest BCUT2D eigenvalue weighted by atomic mass is 9.95. The summed E-state index contributed by atoms with van der Waals surface area (Å²) in [6.45, 7) is 6.19. The molecular weight excluding hydrogens is 274 g/mol. The summed E-state index contributed by atoms with van der Waals surface area (Å²) in [6.07, 6.45) is 1.78. The van der Waals surface area contributed by atoms with E-state index < -0.39 is 0 Å². The quantitative estimate of drug-likeness (QED) is 0.791. The molecule has 0 bridgehead atoms. The number of carbonyl (C=O) groups excluding carboxylic acids is 1. The van der Waals surface area contributed by atoms with E-state index in [0.717, 1.165) is 16.3 Å². The Kier molecular flexibility index (Phi) is 4.25. The van der Waals surface area contributed by atoms with E-state index >= 15 is 0 Å². The fourth-order valence-corrected chi connectivity index (χ4v) is 2.26. The van der Waals surface area contributed by atoms with Gasteiger partial charge in [-0.2, -0.15) is 0 Å². The number of aromatic amines is 1. The highest BCUT2D eigenvalue weighted by Crippen LogP contribution is 2.22. The van der Waals surface area contributed by atoms with Crippen molar-refractivity contribution in [3.05, 3.63) is 28.3 Å². The number of carbonyl (C=O) groups is 1. The van der Waals surface area contributed by atoms with Crippen molar-refractivity contribution in [2.45, 2.75) is 20.8 Å². The van der Waals surface area contributed by atoms with Crippen LogP contribution in [0.15, 0.2) is 17.6 Å². The van der Waals surface area contributed by atoms with Crippen molar-refractivity contribution < 1.29 is 9.90 Å². The van der Waals surface area contributed by atoms with Gasteiger partial charge in [0.2, 0.25) is 0 Å². The molecule has 0 atom stereocenters. The number of nitrogens with zero attached hydrogens (tertiary/aromatic N) is 1. The molecule has 1 amide bonds. The van der Waals surface area contributed by atoms with E-state index in [9.17, 15) is 4.79 Å². The van der Waals surface area contributed by atoms with Crippen LogP contribution >= 0.6 is 11.3 Å². The zero-order valence-electron chi connectivity index (χ0n) is 11.9. The van der Waals surface area contributed by atoms with Crippen LogP contribution < -0.4 is 5.32 Å². The molecule has 3 N–H and O–H groups in total. The Bertz CT molecular complexity index is 601. The number of aryl methyl sites for hydroxylation is 1. The van der Waals surface area contributed by atoms with Gasteiger partial charge >= 0.3 is 0 Å². The summed E-state index contributed by atoms with van der Waals surface area (Å²) in [7, 11) is 0. The van der Waals surface area contributed by atoms with Crippen LogP contribution in [0.3, 0.4) is 0 Å². The minimum atomic E-state index is -0.322. The van der Waals surface area contributed by atoms with E-state index in [1.54, 1.807) is 23.6 Å². The fraction of sp³-hybridized carbons (Fsp3) is 0.429. The van der Waals surface area contributed by atoms with Gasteiger partial charge in [0.05, 0.1) is 10.7 Å². The van der Waals surface area contributed by atoms with Gasteiger partial charge in [-0.3, -0.25) is 4.79 Å². The standard InChI is InChI=1S/C14H19N3O2S/c1-9-17-12(6-20-9)10-4-11(15-5-10)13(19)16-7-14(2,3)8-18/h4-6,15,18H,7-8H2,1-3H3,(H,16,19). The smallest absolute Gasteiger partial charge is 0.267 e. The molecule has 108 valence electrons. The maximum atomic E-state index is 12.0. The lowest BCUT2D eigenvalue weighted by Gasteiger charge is -2.21. The molecule has 5 nitrogen and oxygen atoms in total. The van der Waals surface area contributed by atoms with Gasteiger partial charge in [0.15, 0.2) is 0 Å². The zero-order valence-corrected chi connectivity index (χ0v) is 12.7. The van der Waals surface area contributed by atoms with E-state index in [-0.39, 0.29) is 17.9 Å². The van der Waals surface area contributed by atoms with Crippen LogP contribution in [0.4, 0.5) is 0 Å². The summed E-state index contributed by atoms with van der Waals surface area (Å²) in [5, 5.41) is 14.9. The highest BCUT2D eigenvalue weighted by Gasteiger charge is 2.18. The van der Waals surface area contributed by atoms with Crippen LogP contribution in [-0.2, 0) is 0 Å². The predicted octanol–water partition coefficient (Wildman–Crippen LogP) is 2.19. The Balaban J connectivity index is 2.03. The normalized spacial score (nSPS) is 11.6. The lowest BCUT2D eigenvalue weighted by Crippen LogP contribution is -2.36. The average molecular weight is 293 g/mol. The van der Waals surface area contributed by atoms with E-state index in [0.29, 0.717) is 12.2 Å². The third-order valence-corrected chi connectivity index (χ3v) is 3.77. The van der Waals surface area contributed by atoms with Gasteiger partial charge in [-0.15, -0.1) is 11.3 Å². The largest absolute Gasteiger partial charge is 0.396 e. The molecule has 6 heteroatoms. The second-order valence-electron chi connectivity index (χ2n) is 5.56. The molecule has 0 saturated carbocycles. The van der Waals surface area contributed by atoms with Gasteiger partial charge in [-0.25, -0.2) is 4.98 Å². The van der Waals surface area contributed by atoms with Crippen LogP contribution in [0.25, 0.3) is 11.3 Å². The maximum Gasteiger partial charge on any atom is 0.267 e. The van der Waals surface area contributed by atoms with Crippen molar-refractivity contribution in [1.29, 1.82) is 0 Å². The van der Waals surface area contributed by atoms with Crippen molar-refractivity contribution in [3.8, 4) is 11.3 Å². The first kappa shape index (κ1) is 14.7. The molecule has 2 aromatic rings. The predicted molar refractivity (Wildman–Crippen MR) is 79.8 cm³/mol.